The zero-order valence-electron chi connectivity index (χ0n) is 17.0. The van der Waals surface area contributed by atoms with Crippen molar-refractivity contribution in [2.24, 2.45) is 0 Å². The highest BCUT2D eigenvalue weighted by Crippen LogP contribution is 2.23. The number of amides is 1. The van der Waals surface area contributed by atoms with Crippen LogP contribution in [0.3, 0.4) is 0 Å². The minimum atomic E-state index is -0.284. The van der Waals surface area contributed by atoms with Crippen molar-refractivity contribution < 1.29 is 9.18 Å². The van der Waals surface area contributed by atoms with E-state index < -0.39 is 0 Å². The molecule has 0 saturated heterocycles. The van der Waals surface area contributed by atoms with Crippen molar-refractivity contribution in [3.05, 3.63) is 88.6 Å². The molecule has 0 aliphatic carbocycles. The molecule has 0 spiro atoms. The molecule has 0 bridgehead atoms. The quantitative estimate of drug-likeness (QED) is 0.510. The number of H-pyrrole nitrogens is 1. The normalized spacial score (nSPS) is 10.9. The first-order valence-electron chi connectivity index (χ1n) is 9.63. The predicted octanol–water partition coefficient (Wildman–Crippen LogP) is 4.64. The molecule has 0 saturated carbocycles. The molecule has 0 aliphatic heterocycles. The standard InChI is InChI=1S/C23H22FN5O/c1-14-4-8-18(9-5-14)20-12-21(27-26-20)23(30)25-22-15(2)28-29(16(22)3)13-17-6-10-19(24)11-7-17/h4-12H,13H2,1-3H3,(H,25,30)(H,26,27). The second kappa shape index (κ2) is 7.94. The van der Waals surface area contributed by atoms with Crippen molar-refractivity contribution in [3.63, 3.8) is 0 Å². The Bertz CT molecular complexity index is 1190. The van der Waals surface area contributed by atoms with Crippen LogP contribution in [-0.4, -0.2) is 25.9 Å². The molecule has 0 radical (unpaired) electrons. The molecule has 4 aromatic rings. The number of hydrogen-bond acceptors (Lipinski definition) is 3. The fourth-order valence-electron chi connectivity index (χ4n) is 3.29. The third kappa shape index (κ3) is 4.00. The number of rotatable bonds is 5. The predicted molar refractivity (Wildman–Crippen MR) is 114 cm³/mol. The molecule has 0 atom stereocenters. The maximum Gasteiger partial charge on any atom is 0.273 e. The summed E-state index contributed by atoms with van der Waals surface area (Å²) < 4.78 is 14.9. The highest BCUT2D eigenvalue weighted by molar-refractivity contribution is 6.04. The Kier molecular flexibility index (Phi) is 5.18. The summed E-state index contributed by atoms with van der Waals surface area (Å²) >= 11 is 0. The summed E-state index contributed by atoms with van der Waals surface area (Å²) in [4.78, 5) is 12.8. The van der Waals surface area contributed by atoms with Gasteiger partial charge in [-0.15, -0.1) is 0 Å². The molecular formula is C23H22FN5O. The van der Waals surface area contributed by atoms with Gasteiger partial charge in [-0.25, -0.2) is 4.39 Å². The van der Waals surface area contributed by atoms with Gasteiger partial charge >= 0.3 is 0 Å². The van der Waals surface area contributed by atoms with Gasteiger partial charge in [-0.2, -0.15) is 10.2 Å². The summed E-state index contributed by atoms with van der Waals surface area (Å²) in [6, 6.07) is 16.0. The van der Waals surface area contributed by atoms with E-state index in [4.69, 9.17) is 0 Å². The van der Waals surface area contributed by atoms with Crippen LogP contribution in [0.25, 0.3) is 11.3 Å². The van der Waals surface area contributed by atoms with E-state index >= 15 is 0 Å². The Morgan fingerprint density at radius 2 is 1.77 bits per heavy atom. The van der Waals surface area contributed by atoms with Crippen LogP contribution in [0.15, 0.2) is 54.6 Å². The molecule has 2 aromatic carbocycles. The highest BCUT2D eigenvalue weighted by Gasteiger charge is 2.17. The Balaban J connectivity index is 1.51. The van der Waals surface area contributed by atoms with Gasteiger partial charge < -0.3 is 5.32 Å². The van der Waals surface area contributed by atoms with Crippen molar-refractivity contribution in [3.8, 4) is 11.3 Å². The van der Waals surface area contributed by atoms with Crippen molar-refractivity contribution in [2.75, 3.05) is 5.32 Å². The lowest BCUT2D eigenvalue weighted by Crippen LogP contribution is -2.14. The van der Waals surface area contributed by atoms with Crippen molar-refractivity contribution >= 4 is 11.6 Å². The monoisotopic (exact) mass is 403 g/mol. The van der Waals surface area contributed by atoms with Gasteiger partial charge in [0.25, 0.3) is 5.91 Å². The Labute approximate surface area is 173 Å². The lowest BCUT2D eigenvalue weighted by molar-refractivity contribution is 0.102. The molecule has 0 unspecified atom stereocenters. The highest BCUT2D eigenvalue weighted by atomic mass is 19.1. The van der Waals surface area contributed by atoms with Crippen LogP contribution < -0.4 is 5.32 Å². The Morgan fingerprint density at radius 3 is 2.47 bits per heavy atom. The lowest BCUT2D eigenvalue weighted by atomic mass is 10.1. The summed E-state index contributed by atoms with van der Waals surface area (Å²) in [7, 11) is 0. The van der Waals surface area contributed by atoms with E-state index in [2.05, 4.69) is 20.6 Å². The maximum atomic E-state index is 13.1. The van der Waals surface area contributed by atoms with Crippen molar-refractivity contribution in [1.82, 2.24) is 20.0 Å². The second-order valence-corrected chi connectivity index (χ2v) is 7.32. The van der Waals surface area contributed by atoms with E-state index in [1.54, 1.807) is 22.9 Å². The van der Waals surface area contributed by atoms with Crippen LogP contribution in [0, 0.1) is 26.6 Å². The second-order valence-electron chi connectivity index (χ2n) is 7.32. The molecule has 30 heavy (non-hydrogen) atoms. The SMILES string of the molecule is Cc1ccc(-c2cc(C(=O)Nc3c(C)nn(Cc4ccc(F)cc4)c3C)[nH]n2)cc1. The fourth-order valence-corrected chi connectivity index (χ4v) is 3.29. The number of nitrogens with zero attached hydrogens (tertiary/aromatic N) is 3. The number of carbonyl (C=O) groups is 1. The van der Waals surface area contributed by atoms with Gasteiger partial charge in [-0.1, -0.05) is 42.0 Å². The fraction of sp³-hybridized carbons (Fsp3) is 0.174. The minimum Gasteiger partial charge on any atom is -0.318 e. The van der Waals surface area contributed by atoms with Gasteiger partial charge in [0.2, 0.25) is 0 Å². The molecule has 7 heteroatoms. The van der Waals surface area contributed by atoms with Crippen LogP contribution in [0.1, 0.15) is 33.0 Å². The number of benzene rings is 2. The van der Waals surface area contributed by atoms with Crippen molar-refractivity contribution in [1.29, 1.82) is 0 Å². The molecule has 2 heterocycles. The van der Waals surface area contributed by atoms with Gasteiger partial charge in [0.1, 0.15) is 11.5 Å². The summed E-state index contributed by atoms with van der Waals surface area (Å²) in [5.74, 6) is -0.557. The van der Waals surface area contributed by atoms with Crippen LogP contribution in [0.5, 0.6) is 0 Å². The van der Waals surface area contributed by atoms with Crippen LogP contribution in [0.4, 0.5) is 10.1 Å². The first-order chi connectivity index (χ1) is 14.4. The zero-order chi connectivity index (χ0) is 21.3. The molecule has 0 fully saturated rings. The van der Waals surface area contributed by atoms with E-state index in [0.717, 1.165) is 22.4 Å². The van der Waals surface area contributed by atoms with E-state index in [1.807, 2.05) is 45.0 Å². The first kappa shape index (κ1) is 19.6. The average Bonchev–Trinajstić information content (AvgIpc) is 3.32. The van der Waals surface area contributed by atoms with Crippen LogP contribution >= 0.6 is 0 Å². The first-order valence-corrected chi connectivity index (χ1v) is 9.63. The number of aryl methyl sites for hydroxylation is 2. The lowest BCUT2D eigenvalue weighted by Gasteiger charge is -2.07. The average molecular weight is 403 g/mol. The number of aromatic amines is 1. The molecule has 0 aliphatic rings. The minimum absolute atomic E-state index is 0.273. The van der Waals surface area contributed by atoms with Gasteiger partial charge in [-0.3, -0.25) is 14.6 Å². The number of anilines is 1. The van der Waals surface area contributed by atoms with Gasteiger partial charge in [0.05, 0.1) is 29.3 Å². The number of aromatic nitrogens is 4. The Hall–Kier alpha value is -3.74. The summed E-state index contributed by atoms with van der Waals surface area (Å²) in [6.45, 7) is 6.25. The summed E-state index contributed by atoms with van der Waals surface area (Å²) in [5, 5.41) is 14.5. The van der Waals surface area contributed by atoms with Gasteiger partial charge in [-0.05, 0) is 44.5 Å². The third-order valence-electron chi connectivity index (χ3n) is 5.04. The largest absolute Gasteiger partial charge is 0.318 e. The van der Waals surface area contributed by atoms with E-state index in [0.29, 0.717) is 29.3 Å². The Morgan fingerprint density at radius 1 is 1.07 bits per heavy atom. The molecule has 152 valence electrons. The molecule has 4 rings (SSSR count). The number of nitrogens with one attached hydrogen (secondary N) is 2. The summed E-state index contributed by atoms with van der Waals surface area (Å²) in [6.07, 6.45) is 0. The van der Waals surface area contributed by atoms with Gasteiger partial charge in [0, 0.05) is 5.56 Å². The van der Waals surface area contributed by atoms with E-state index in [9.17, 15) is 9.18 Å². The number of carbonyl (C=O) groups excluding carboxylic acids is 1. The van der Waals surface area contributed by atoms with E-state index in [1.165, 1.54) is 12.1 Å². The zero-order valence-corrected chi connectivity index (χ0v) is 17.0. The third-order valence-corrected chi connectivity index (χ3v) is 5.04. The van der Waals surface area contributed by atoms with Gasteiger partial charge in [0.15, 0.2) is 0 Å². The smallest absolute Gasteiger partial charge is 0.273 e. The molecule has 2 N–H and O–H groups in total. The van der Waals surface area contributed by atoms with E-state index in [-0.39, 0.29) is 11.7 Å². The molecule has 1 amide bonds. The maximum absolute atomic E-state index is 13.1. The van der Waals surface area contributed by atoms with Crippen LogP contribution in [-0.2, 0) is 6.54 Å². The number of hydrogen-bond donors (Lipinski definition) is 2. The number of halogens is 1. The summed E-state index contributed by atoms with van der Waals surface area (Å²) in [5.41, 5.74) is 6.30. The molecule has 6 nitrogen and oxygen atoms in total. The molecule has 2 aromatic heterocycles. The van der Waals surface area contributed by atoms with Crippen LogP contribution in [0.2, 0.25) is 0 Å². The van der Waals surface area contributed by atoms with Crippen molar-refractivity contribution in [2.45, 2.75) is 27.3 Å². The molecular weight excluding hydrogens is 381 g/mol. The topological polar surface area (TPSA) is 75.6 Å².